The number of rotatable bonds is 6. The molecule has 23 heavy (non-hydrogen) atoms. The molecule has 0 aliphatic rings. The number of aliphatic imine (C=N–C) groups is 1. The molecule has 0 aliphatic carbocycles. The van der Waals surface area contributed by atoms with Gasteiger partial charge in [0.25, 0.3) is 0 Å². The van der Waals surface area contributed by atoms with E-state index in [9.17, 15) is 0 Å². The van der Waals surface area contributed by atoms with E-state index in [0.29, 0.717) is 30.6 Å². The van der Waals surface area contributed by atoms with Crippen LogP contribution in [0.25, 0.3) is 0 Å². The standard InChI is InChI=1S/C15H22N6O2/c1-5-23-12-7-6-11(8-13(12)22-4)20-15(16-2)17-9-14-18-10-19-21(14)3/h6-8,10H,5,9H2,1-4H3,(H2,16,17,20). The normalized spacial score (nSPS) is 11.2. The molecule has 1 aromatic carbocycles. The van der Waals surface area contributed by atoms with Crippen LogP contribution < -0.4 is 20.1 Å². The number of aryl methyl sites for hydroxylation is 1. The molecule has 0 unspecified atom stereocenters. The van der Waals surface area contributed by atoms with Crippen LogP contribution >= 0.6 is 0 Å². The minimum Gasteiger partial charge on any atom is -0.493 e. The Morgan fingerprint density at radius 3 is 2.78 bits per heavy atom. The van der Waals surface area contributed by atoms with Crippen LogP contribution in [0.15, 0.2) is 29.5 Å². The van der Waals surface area contributed by atoms with Gasteiger partial charge in [0.1, 0.15) is 12.2 Å². The second-order valence-electron chi connectivity index (χ2n) is 4.65. The summed E-state index contributed by atoms with van der Waals surface area (Å²) in [6.07, 6.45) is 1.52. The van der Waals surface area contributed by atoms with E-state index in [0.717, 1.165) is 11.5 Å². The molecule has 1 heterocycles. The minimum atomic E-state index is 0.518. The van der Waals surface area contributed by atoms with E-state index in [-0.39, 0.29) is 0 Å². The van der Waals surface area contributed by atoms with Crippen molar-refractivity contribution >= 4 is 11.6 Å². The highest BCUT2D eigenvalue weighted by Gasteiger charge is 2.07. The number of ether oxygens (including phenoxy) is 2. The van der Waals surface area contributed by atoms with Gasteiger partial charge in [0.05, 0.1) is 20.3 Å². The highest BCUT2D eigenvalue weighted by atomic mass is 16.5. The molecular formula is C15H22N6O2. The first-order chi connectivity index (χ1) is 11.2. The molecule has 8 nitrogen and oxygen atoms in total. The van der Waals surface area contributed by atoms with Crippen molar-refractivity contribution in [3.8, 4) is 11.5 Å². The molecule has 0 atom stereocenters. The highest BCUT2D eigenvalue weighted by molar-refractivity contribution is 5.93. The molecule has 8 heteroatoms. The third-order valence-corrected chi connectivity index (χ3v) is 3.17. The molecule has 0 radical (unpaired) electrons. The summed E-state index contributed by atoms with van der Waals surface area (Å²) in [4.78, 5) is 8.35. The van der Waals surface area contributed by atoms with Crippen molar-refractivity contribution in [3.63, 3.8) is 0 Å². The summed E-state index contributed by atoms with van der Waals surface area (Å²) in [6, 6.07) is 5.63. The Labute approximate surface area is 135 Å². The van der Waals surface area contributed by atoms with Gasteiger partial charge >= 0.3 is 0 Å². The van der Waals surface area contributed by atoms with Gasteiger partial charge in [-0.25, -0.2) is 4.98 Å². The van der Waals surface area contributed by atoms with Gasteiger partial charge in [-0.1, -0.05) is 0 Å². The third kappa shape index (κ3) is 4.35. The summed E-state index contributed by atoms with van der Waals surface area (Å²) in [5.41, 5.74) is 0.844. The van der Waals surface area contributed by atoms with Crippen LogP contribution in [0.3, 0.4) is 0 Å². The SMILES string of the molecule is CCOc1ccc(NC(=NC)NCc2ncnn2C)cc1OC. The second-order valence-corrected chi connectivity index (χ2v) is 4.65. The fourth-order valence-corrected chi connectivity index (χ4v) is 1.98. The molecule has 0 amide bonds. The van der Waals surface area contributed by atoms with E-state index in [1.807, 2.05) is 32.2 Å². The predicted octanol–water partition coefficient (Wildman–Crippen LogP) is 1.41. The van der Waals surface area contributed by atoms with Gasteiger partial charge < -0.3 is 20.1 Å². The Balaban J connectivity index is 2.02. The van der Waals surface area contributed by atoms with Gasteiger partial charge in [-0.15, -0.1) is 0 Å². The summed E-state index contributed by atoms with van der Waals surface area (Å²) in [5, 5.41) is 10.4. The fourth-order valence-electron chi connectivity index (χ4n) is 1.98. The van der Waals surface area contributed by atoms with Gasteiger partial charge in [0.2, 0.25) is 0 Å². The van der Waals surface area contributed by atoms with E-state index >= 15 is 0 Å². The van der Waals surface area contributed by atoms with Gasteiger partial charge in [-0.3, -0.25) is 9.67 Å². The molecule has 0 spiro atoms. The number of nitrogens with one attached hydrogen (secondary N) is 2. The molecule has 2 N–H and O–H groups in total. The number of benzene rings is 1. The lowest BCUT2D eigenvalue weighted by molar-refractivity contribution is 0.311. The summed E-state index contributed by atoms with van der Waals surface area (Å²) in [7, 11) is 5.16. The number of hydrogen-bond acceptors (Lipinski definition) is 5. The van der Waals surface area contributed by atoms with Crippen molar-refractivity contribution in [2.75, 3.05) is 26.1 Å². The Bertz CT molecular complexity index is 668. The highest BCUT2D eigenvalue weighted by Crippen LogP contribution is 2.30. The summed E-state index contributed by atoms with van der Waals surface area (Å²) in [5.74, 6) is 2.82. The first-order valence-corrected chi connectivity index (χ1v) is 7.29. The lowest BCUT2D eigenvalue weighted by Gasteiger charge is -2.14. The summed E-state index contributed by atoms with van der Waals surface area (Å²) in [6.45, 7) is 3.04. The Morgan fingerprint density at radius 1 is 1.35 bits per heavy atom. The molecule has 0 bridgehead atoms. The molecule has 0 saturated carbocycles. The minimum absolute atomic E-state index is 0.518. The van der Waals surface area contributed by atoms with Crippen LogP contribution in [0.2, 0.25) is 0 Å². The Kier molecular flexibility index (Phi) is 5.79. The maximum Gasteiger partial charge on any atom is 0.195 e. The van der Waals surface area contributed by atoms with Crippen LogP contribution in [0, 0.1) is 0 Å². The maximum atomic E-state index is 5.51. The third-order valence-electron chi connectivity index (χ3n) is 3.17. The van der Waals surface area contributed by atoms with E-state index in [1.54, 1.807) is 18.8 Å². The lowest BCUT2D eigenvalue weighted by atomic mass is 10.2. The molecule has 0 saturated heterocycles. The van der Waals surface area contributed by atoms with E-state index in [2.05, 4.69) is 25.7 Å². The molecule has 1 aromatic heterocycles. The van der Waals surface area contributed by atoms with Crippen molar-refractivity contribution in [1.82, 2.24) is 20.1 Å². The Hall–Kier alpha value is -2.77. The predicted molar refractivity (Wildman–Crippen MR) is 89.0 cm³/mol. The van der Waals surface area contributed by atoms with Crippen LogP contribution in [0.5, 0.6) is 11.5 Å². The number of methoxy groups -OCH3 is 1. The van der Waals surface area contributed by atoms with Crippen LogP contribution in [0.4, 0.5) is 5.69 Å². The van der Waals surface area contributed by atoms with Crippen molar-refractivity contribution in [2.24, 2.45) is 12.0 Å². The zero-order chi connectivity index (χ0) is 16.7. The van der Waals surface area contributed by atoms with Crippen molar-refractivity contribution in [1.29, 1.82) is 0 Å². The number of hydrogen-bond donors (Lipinski definition) is 2. The molecule has 2 rings (SSSR count). The largest absolute Gasteiger partial charge is 0.493 e. The number of guanidine groups is 1. The maximum absolute atomic E-state index is 5.51. The van der Waals surface area contributed by atoms with E-state index in [4.69, 9.17) is 9.47 Å². The van der Waals surface area contributed by atoms with Gasteiger partial charge in [0, 0.05) is 25.8 Å². The van der Waals surface area contributed by atoms with Crippen LogP contribution in [-0.2, 0) is 13.6 Å². The zero-order valence-electron chi connectivity index (χ0n) is 13.8. The van der Waals surface area contributed by atoms with Crippen molar-refractivity contribution < 1.29 is 9.47 Å². The van der Waals surface area contributed by atoms with Gasteiger partial charge in [-0.05, 0) is 19.1 Å². The number of anilines is 1. The zero-order valence-corrected chi connectivity index (χ0v) is 13.8. The quantitative estimate of drug-likeness (QED) is 0.619. The van der Waals surface area contributed by atoms with E-state index in [1.165, 1.54) is 6.33 Å². The summed E-state index contributed by atoms with van der Waals surface area (Å²) < 4.78 is 12.6. The molecular weight excluding hydrogens is 296 g/mol. The molecule has 2 aromatic rings. The molecule has 0 aliphatic heterocycles. The molecule has 0 fully saturated rings. The monoisotopic (exact) mass is 318 g/mol. The summed E-state index contributed by atoms with van der Waals surface area (Å²) >= 11 is 0. The van der Waals surface area contributed by atoms with Crippen LogP contribution in [0.1, 0.15) is 12.7 Å². The second kappa shape index (κ2) is 8.02. The topological polar surface area (TPSA) is 85.6 Å². The number of nitrogens with zero attached hydrogens (tertiary/aromatic N) is 4. The first kappa shape index (κ1) is 16.6. The van der Waals surface area contributed by atoms with Crippen molar-refractivity contribution in [2.45, 2.75) is 13.5 Å². The first-order valence-electron chi connectivity index (χ1n) is 7.29. The number of aromatic nitrogens is 3. The van der Waals surface area contributed by atoms with Crippen LogP contribution in [-0.4, -0.2) is 41.5 Å². The molecule has 124 valence electrons. The smallest absolute Gasteiger partial charge is 0.195 e. The average Bonchev–Trinajstić information content (AvgIpc) is 2.98. The average molecular weight is 318 g/mol. The Morgan fingerprint density at radius 2 is 2.17 bits per heavy atom. The van der Waals surface area contributed by atoms with E-state index < -0.39 is 0 Å². The van der Waals surface area contributed by atoms with Gasteiger partial charge in [0.15, 0.2) is 17.5 Å². The lowest BCUT2D eigenvalue weighted by Crippen LogP contribution is -2.31. The van der Waals surface area contributed by atoms with Gasteiger partial charge in [-0.2, -0.15) is 5.10 Å². The van der Waals surface area contributed by atoms with Crippen molar-refractivity contribution in [3.05, 3.63) is 30.4 Å². The fraction of sp³-hybridized carbons (Fsp3) is 0.400.